The number of esters is 1. The average molecular weight is 215 g/mol. The van der Waals surface area contributed by atoms with Gasteiger partial charge in [0.15, 0.2) is 0 Å². The molecule has 0 saturated carbocycles. The van der Waals surface area contributed by atoms with Crippen molar-refractivity contribution in [2.75, 3.05) is 7.11 Å². The van der Waals surface area contributed by atoms with Gasteiger partial charge >= 0.3 is 5.97 Å². The fourth-order valence-electron chi connectivity index (χ4n) is 1.80. The van der Waals surface area contributed by atoms with Crippen LogP contribution in [0.3, 0.4) is 0 Å². The molecule has 0 spiro atoms. The van der Waals surface area contributed by atoms with E-state index in [1.54, 1.807) is 12.3 Å². The molecular weight excluding hydrogens is 202 g/mol. The zero-order valence-corrected chi connectivity index (χ0v) is 9.57. The molecule has 3 heteroatoms. The molecule has 1 aromatic heterocycles. The molecule has 0 amide bonds. The van der Waals surface area contributed by atoms with Gasteiger partial charge in [-0.25, -0.2) is 4.79 Å². The highest BCUT2D eigenvalue weighted by molar-refractivity contribution is 5.96. The summed E-state index contributed by atoms with van der Waals surface area (Å²) in [5, 5.41) is 1.00. The Balaban J connectivity index is 2.75. The molecule has 0 radical (unpaired) electrons. The molecule has 0 unspecified atom stereocenters. The van der Waals surface area contributed by atoms with Gasteiger partial charge in [0.1, 0.15) is 0 Å². The number of hydrogen-bond donors (Lipinski definition) is 0. The Morgan fingerprint density at radius 2 is 2.00 bits per heavy atom. The molecular formula is C13H13NO2. The number of nitrogens with zero attached hydrogens (tertiary/aromatic N) is 1. The van der Waals surface area contributed by atoms with Gasteiger partial charge in [-0.15, -0.1) is 0 Å². The molecule has 1 heterocycles. The fraction of sp³-hybridized carbons (Fsp3) is 0.231. The Hall–Kier alpha value is -1.90. The topological polar surface area (TPSA) is 39.2 Å². The number of benzene rings is 1. The van der Waals surface area contributed by atoms with Crippen LogP contribution in [-0.2, 0) is 4.74 Å². The molecule has 0 bridgehead atoms. The Morgan fingerprint density at radius 1 is 1.25 bits per heavy atom. The first-order valence-electron chi connectivity index (χ1n) is 5.08. The summed E-state index contributed by atoms with van der Waals surface area (Å²) < 4.78 is 4.72. The number of ether oxygens (including phenoxy) is 1. The van der Waals surface area contributed by atoms with Crippen molar-refractivity contribution >= 4 is 16.9 Å². The van der Waals surface area contributed by atoms with Crippen LogP contribution in [0.1, 0.15) is 21.5 Å². The van der Waals surface area contributed by atoms with Crippen LogP contribution in [0.2, 0.25) is 0 Å². The van der Waals surface area contributed by atoms with Crippen LogP contribution < -0.4 is 0 Å². The third-order valence-electron chi connectivity index (χ3n) is 2.67. The number of carbonyl (C=O) groups excluding carboxylic acids is 1. The minimum absolute atomic E-state index is 0.312. The summed E-state index contributed by atoms with van der Waals surface area (Å²) in [6.45, 7) is 3.95. The van der Waals surface area contributed by atoms with E-state index in [-0.39, 0.29) is 5.97 Å². The van der Waals surface area contributed by atoms with E-state index in [1.165, 1.54) is 7.11 Å². The van der Waals surface area contributed by atoms with Crippen molar-refractivity contribution in [2.24, 2.45) is 0 Å². The lowest BCUT2D eigenvalue weighted by Gasteiger charge is -2.07. The van der Waals surface area contributed by atoms with Crippen molar-refractivity contribution in [3.63, 3.8) is 0 Å². The molecule has 0 aliphatic heterocycles. The highest BCUT2D eigenvalue weighted by atomic mass is 16.5. The molecule has 82 valence electrons. The van der Waals surface area contributed by atoms with Crippen LogP contribution in [0.4, 0.5) is 0 Å². The van der Waals surface area contributed by atoms with E-state index in [2.05, 4.69) is 4.98 Å². The third-order valence-corrected chi connectivity index (χ3v) is 2.67. The molecule has 0 saturated heterocycles. The van der Waals surface area contributed by atoms with Gasteiger partial charge in [0, 0.05) is 11.6 Å². The smallest absolute Gasteiger partial charge is 0.337 e. The van der Waals surface area contributed by atoms with Gasteiger partial charge in [-0.05, 0) is 43.2 Å². The largest absolute Gasteiger partial charge is 0.465 e. The molecule has 0 aliphatic rings. The summed E-state index contributed by atoms with van der Waals surface area (Å²) in [5.41, 5.74) is 3.61. The van der Waals surface area contributed by atoms with Crippen molar-refractivity contribution in [1.29, 1.82) is 0 Å². The molecule has 16 heavy (non-hydrogen) atoms. The van der Waals surface area contributed by atoms with Crippen molar-refractivity contribution in [3.8, 4) is 0 Å². The summed E-state index contributed by atoms with van der Waals surface area (Å²) in [6, 6.07) is 5.57. The maximum Gasteiger partial charge on any atom is 0.337 e. The molecule has 0 fully saturated rings. The minimum atomic E-state index is -0.312. The second kappa shape index (κ2) is 3.93. The number of methoxy groups -OCH3 is 1. The highest BCUT2D eigenvalue weighted by Gasteiger charge is 2.10. The number of carbonyl (C=O) groups is 1. The van der Waals surface area contributed by atoms with Gasteiger partial charge in [-0.2, -0.15) is 0 Å². The van der Waals surface area contributed by atoms with Crippen LogP contribution in [0.25, 0.3) is 10.9 Å². The first-order chi connectivity index (χ1) is 7.63. The lowest BCUT2D eigenvalue weighted by Crippen LogP contribution is -2.02. The van der Waals surface area contributed by atoms with Crippen LogP contribution in [0.5, 0.6) is 0 Å². The van der Waals surface area contributed by atoms with Gasteiger partial charge in [-0.1, -0.05) is 0 Å². The Morgan fingerprint density at radius 3 is 2.69 bits per heavy atom. The lowest BCUT2D eigenvalue weighted by molar-refractivity contribution is 0.0601. The van der Waals surface area contributed by atoms with Gasteiger partial charge in [0.2, 0.25) is 0 Å². The van der Waals surface area contributed by atoms with Crippen molar-refractivity contribution in [2.45, 2.75) is 13.8 Å². The molecule has 0 N–H and O–H groups in total. The van der Waals surface area contributed by atoms with Crippen molar-refractivity contribution in [3.05, 3.63) is 41.1 Å². The summed E-state index contributed by atoms with van der Waals surface area (Å²) in [4.78, 5) is 15.8. The average Bonchev–Trinajstić information content (AvgIpc) is 2.29. The van der Waals surface area contributed by atoms with Crippen LogP contribution >= 0.6 is 0 Å². The van der Waals surface area contributed by atoms with Gasteiger partial charge in [0.25, 0.3) is 0 Å². The lowest BCUT2D eigenvalue weighted by atomic mass is 10.0. The molecule has 0 atom stereocenters. The zero-order valence-electron chi connectivity index (χ0n) is 9.57. The monoisotopic (exact) mass is 215 g/mol. The fourth-order valence-corrected chi connectivity index (χ4v) is 1.80. The van der Waals surface area contributed by atoms with Crippen molar-refractivity contribution in [1.82, 2.24) is 4.98 Å². The number of hydrogen-bond acceptors (Lipinski definition) is 3. The molecule has 2 aromatic rings. The van der Waals surface area contributed by atoms with Crippen LogP contribution in [0, 0.1) is 13.8 Å². The Kier molecular flexibility index (Phi) is 2.60. The van der Waals surface area contributed by atoms with Crippen LogP contribution in [0.15, 0.2) is 24.4 Å². The van der Waals surface area contributed by atoms with E-state index >= 15 is 0 Å². The normalized spacial score (nSPS) is 10.4. The Labute approximate surface area is 94.1 Å². The van der Waals surface area contributed by atoms with E-state index in [0.717, 1.165) is 22.0 Å². The highest BCUT2D eigenvalue weighted by Crippen LogP contribution is 2.21. The first-order valence-corrected chi connectivity index (χ1v) is 5.08. The third kappa shape index (κ3) is 1.65. The van der Waals surface area contributed by atoms with Crippen LogP contribution in [-0.4, -0.2) is 18.1 Å². The summed E-state index contributed by atoms with van der Waals surface area (Å²) >= 11 is 0. The van der Waals surface area contributed by atoms with E-state index in [0.29, 0.717) is 5.56 Å². The maximum absolute atomic E-state index is 11.5. The second-order valence-electron chi connectivity index (χ2n) is 3.81. The standard InChI is InChI=1S/C13H13NO2/c1-8-4-5-14-12-9(2)6-10(7-11(8)12)13(15)16-3/h4-7H,1-3H3. The summed E-state index contributed by atoms with van der Waals surface area (Å²) in [5.74, 6) is -0.312. The quantitative estimate of drug-likeness (QED) is 0.686. The number of aromatic nitrogens is 1. The van der Waals surface area contributed by atoms with Gasteiger partial charge in [0.05, 0.1) is 18.2 Å². The van der Waals surface area contributed by atoms with E-state index < -0.39 is 0 Å². The van der Waals surface area contributed by atoms with Gasteiger partial charge in [-0.3, -0.25) is 4.98 Å². The molecule has 3 nitrogen and oxygen atoms in total. The molecule has 1 aromatic carbocycles. The first kappa shape index (κ1) is 10.6. The minimum Gasteiger partial charge on any atom is -0.465 e. The molecule has 2 rings (SSSR count). The predicted octanol–water partition coefficient (Wildman–Crippen LogP) is 2.64. The Bertz CT molecular complexity index is 561. The molecule has 0 aliphatic carbocycles. The summed E-state index contributed by atoms with van der Waals surface area (Å²) in [6.07, 6.45) is 1.78. The van der Waals surface area contributed by atoms with Crippen molar-refractivity contribution < 1.29 is 9.53 Å². The number of pyridine rings is 1. The SMILES string of the molecule is COC(=O)c1cc(C)c2nccc(C)c2c1. The second-order valence-corrected chi connectivity index (χ2v) is 3.81. The predicted molar refractivity (Wildman–Crippen MR) is 62.6 cm³/mol. The number of fused-ring (bicyclic) bond motifs is 1. The number of aryl methyl sites for hydroxylation is 2. The van der Waals surface area contributed by atoms with Gasteiger partial charge < -0.3 is 4.74 Å². The zero-order chi connectivity index (χ0) is 11.7. The van der Waals surface area contributed by atoms with E-state index in [9.17, 15) is 4.79 Å². The van der Waals surface area contributed by atoms with E-state index in [1.807, 2.05) is 26.0 Å². The van der Waals surface area contributed by atoms with E-state index in [4.69, 9.17) is 4.74 Å². The maximum atomic E-state index is 11.5. The number of rotatable bonds is 1. The summed E-state index contributed by atoms with van der Waals surface area (Å²) in [7, 11) is 1.39.